The standard InChI is InChI=1S/C25H28N4O2/c1-4-5-13-27-22-11-10-19-20(22)7-6-8-21(19)24-28-25(31-29-24)17-9-12-23(30-16(2)3)18(14-17)15-26/h6-9,12,14,16,22,27H,4-5,10-11,13H2,1-3H3. The van der Waals surface area contributed by atoms with Crippen LogP contribution in [0.15, 0.2) is 40.9 Å². The van der Waals surface area contributed by atoms with Gasteiger partial charge in [0.15, 0.2) is 0 Å². The molecular formula is C25H28N4O2. The van der Waals surface area contributed by atoms with Crippen molar-refractivity contribution in [2.24, 2.45) is 0 Å². The molecule has 1 unspecified atom stereocenters. The minimum absolute atomic E-state index is 0.00609. The fourth-order valence-electron chi connectivity index (χ4n) is 4.09. The van der Waals surface area contributed by atoms with E-state index < -0.39 is 0 Å². The van der Waals surface area contributed by atoms with Crippen LogP contribution >= 0.6 is 0 Å². The van der Waals surface area contributed by atoms with Crippen molar-refractivity contribution < 1.29 is 9.26 Å². The van der Waals surface area contributed by atoms with Gasteiger partial charge in [0.2, 0.25) is 5.82 Å². The maximum Gasteiger partial charge on any atom is 0.258 e. The first-order chi connectivity index (χ1) is 15.1. The second kappa shape index (κ2) is 9.32. The number of ether oxygens (including phenoxy) is 1. The highest BCUT2D eigenvalue weighted by molar-refractivity contribution is 5.67. The van der Waals surface area contributed by atoms with E-state index in [2.05, 4.69) is 46.6 Å². The molecule has 0 amide bonds. The van der Waals surface area contributed by atoms with Crippen molar-refractivity contribution in [1.82, 2.24) is 15.5 Å². The van der Waals surface area contributed by atoms with Crippen LogP contribution in [0.1, 0.15) is 62.8 Å². The summed E-state index contributed by atoms with van der Waals surface area (Å²) in [5.74, 6) is 1.54. The fraction of sp³-hybridized carbons (Fsp3) is 0.400. The molecule has 160 valence electrons. The van der Waals surface area contributed by atoms with Gasteiger partial charge in [0.05, 0.1) is 11.7 Å². The van der Waals surface area contributed by atoms with Gasteiger partial charge in [-0.1, -0.05) is 36.7 Å². The van der Waals surface area contributed by atoms with Crippen molar-refractivity contribution in [1.29, 1.82) is 5.26 Å². The Morgan fingerprint density at radius 1 is 1.29 bits per heavy atom. The normalized spacial score (nSPS) is 15.1. The Kier molecular flexibility index (Phi) is 6.34. The molecule has 1 aliphatic rings. The molecule has 1 aliphatic carbocycles. The summed E-state index contributed by atoms with van der Waals surface area (Å²) in [5, 5.41) is 17.4. The Labute approximate surface area is 183 Å². The fourth-order valence-corrected chi connectivity index (χ4v) is 4.09. The van der Waals surface area contributed by atoms with Crippen molar-refractivity contribution in [2.45, 2.75) is 58.6 Å². The van der Waals surface area contributed by atoms with E-state index in [1.165, 1.54) is 24.0 Å². The molecule has 2 aromatic carbocycles. The Morgan fingerprint density at radius 2 is 2.16 bits per heavy atom. The van der Waals surface area contributed by atoms with E-state index in [-0.39, 0.29) is 6.10 Å². The maximum absolute atomic E-state index is 9.49. The van der Waals surface area contributed by atoms with E-state index in [4.69, 9.17) is 9.26 Å². The second-order valence-corrected chi connectivity index (χ2v) is 8.18. The van der Waals surface area contributed by atoms with E-state index in [9.17, 15) is 5.26 Å². The molecule has 1 atom stereocenters. The van der Waals surface area contributed by atoms with Crippen LogP contribution in [-0.2, 0) is 6.42 Å². The summed E-state index contributed by atoms with van der Waals surface area (Å²) in [5.41, 5.74) is 4.81. The first-order valence-electron chi connectivity index (χ1n) is 11.0. The molecule has 0 saturated heterocycles. The van der Waals surface area contributed by atoms with Crippen molar-refractivity contribution in [3.05, 3.63) is 53.1 Å². The molecule has 1 heterocycles. The van der Waals surface area contributed by atoms with Gasteiger partial charge >= 0.3 is 0 Å². The quantitative estimate of drug-likeness (QED) is 0.492. The lowest BCUT2D eigenvalue weighted by Gasteiger charge is -2.14. The van der Waals surface area contributed by atoms with E-state index in [1.807, 2.05) is 19.9 Å². The third-order valence-corrected chi connectivity index (χ3v) is 5.57. The minimum Gasteiger partial charge on any atom is -0.490 e. The smallest absolute Gasteiger partial charge is 0.258 e. The largest absolute Gasteiger partial charge is 0.490 e. The number of aromatic nitrogens is 2. The molecule has 4 rings (SSSR count). The summed E-state index contributed by atoms with van der Waals surface area (Å²) in [6.45, 7) is 7.11. The summed E-state index contributed by atoms with van der Waals surface area (Å²) < 4.78 is 11.3. The van der Waals surface area contributed by atoms with Crippen LogP contribution in [0.25, 0.3) is 22.8 Å². The molecule has 0 radical (unpaired) electrons. The van der Waals surface area contributed by atoms with Gasteiger partial charge < -0.3 is 14.6 Å². The molecule has 31 heavy (non-hydrogen) atoms. The number of benzene rings is 2. The SMILES string of the molecule is CCCCNC1CCc2c(-c3noc(-c4ccc(OC(C)C)c(C#N)c4)n3)cccc21. The predicted molar refractivity (Wildman–Crippen MR) is 120 cm³/mol. The molecule has 3 aromatic rings. The van der Waals surface area contributed by atoms with Crippen molar-refractivity contribution in [3.63, 3.8) is 0 Å². The highest BCUT2D eigenvalue weighted by atomic mass is 16.5. The minimum atomic E-state index is -0.00609. The Morgan fingerprint density at radius 3 is 2.94 bits per heavy atom. The highest BCUT2D eigenvalue weighted by Gasteiger charge is 2.26. The van der Waals surface area contributed by atoms with Gasteiger partial charge in [-0.2, -0.15) is 10.2 Å². The first-order valence-corrected chi connectivity index (χ1v) is 11.0. The van der Waals surface area contributed by atoms with Gasteiger partial charge in [0, 0.05) is 17.2 Å². The summed E-state index contributed by atoms with van der Waals surface area (Å²) >= 11 is 0. The van der Waals surface area contributed by atoms with Crippen LogP contribution in [0.4, 0.5) is 0 Å². The summed E-state index contributed by atoms with van der Waals surface area (Å²) in [7, 11) is 0. The maximum atomic E-state index is 9.49. The summed E-state index contributed by atoms with van der Waals surface area (Å²) in [6, 6.07) is 14.3. The van der Waals surface area contributed by atoms with Gasteiger partial charge in [-0.25, -0.2) is 0 Å². The molecule has 0 bridgehead atoms. The van der Waals surface area contributed by atoms with Crippen LogP contribution in [-0.4, -0.2) is 22.8 Å². The molecule has 1 aromatic heterocycles. The zero-order valence-corrected chi connectivity index (χ0v) is 18.3. The zero-order valence-electron chi connectivity index (χ0n) is 18.3. The number of fused-ring (bicyclic) bond motifs is 1. The Hall–Kier alpha value is -3.17. The van der Waals surface area contributed by atoms with E-state index >= 15 is 0 Å². The molecule has 0 saturated carbocycles. The van der Waals surface area contributed by atoms with Crippen LogP contribution in [0.5, 0.6) is 5.75 Å². The number of hydrogen-bond donors (Lipinski definition) is 1. The Balaban J connectivity index is 1.60. The van der Waals surface area contributed by atoms with Gasteiger partial charge in [0.25, 0.3) is 5.89 Å². The van der Waals surface area contributed by atoms with Crippen molar-refractivity contribution >= 4 is 0 Å². The van der Waals surface area contributed by atoms with Gasteiger partial charge in [0.1, 0.15) is 11.8 Å². The predicted octanol–water partition coefficient (Wildman–Crippen LogP) is 5.44. The van der Waals surface area contributed by atoms with Crippen molar-refractivity contribution in [2.75, 3.05) is 6.54 Å². The zero-order chi connectivity index (χ0) is 21.8. The monoisotopic (exact) mass is 416 g/mol. The van der Waals surface area contributed by atoms with Gasteiger partial charge in [-0.05, 0) is 69.0 Å². The van der Waals surface area contributed by atoms with Crippen molar-refractivity contribution in [3.8, 4) is 34.7 Å². The third-order valence-electron chi connectivity index (χ3n) is 5.57. The molecule has 0 aliphatic heterocycles. The molecule has 0 spiro atoms. The second-order valence-electron chi connectivity index (χ2n) is 8.18. The average Bonchev–Trinajstić information content (AvgIpc) is 3.41. The lowest BCUT2D eigenvalue weighted by molar-refractivity contribution is 0.241. The first kappa shape index (κ1) is 21.1. The number of nitriles is 1. The number of rotatable bonds is 8. The van der Waals surface area contributed by atoms with Crippen LogP contribution in [0.3, 0.4) is 0 Å². The lowest BCUT2D eigenvalue weighted by atomic mass is 10.0. The topological polar surface area (TPSA) is 84.0 Å². The van der Waals surface area contributed by atoms with E-state index in [1.54, 1.807) is 12.1 Å². The highest BCUT2D eigenvalue weighted by Crippen LogP contribution is 2.37. The van der Waals surface area contributed by atoms with Crippen LogP contribution in [0, 0.1) is 11.3 Å². The number of unbranched alkanes of at least 4 members (excludes halogenated alkanes) is 1. The molecule has 1 N–H and O–H groups in total. The van der Waals surface area contributed by atoms with E-state index in [0.717, 1.165) is 24.9 Å². The molecule has 6 nitrogen and oxygen atoms in total. The molecular weight excluding hydrogens is 388 g/mol. The average molecular weight is 417 g/mol. The summed E-state index contributed by atoms with van der Waals surface area (Å²) in [4.78, 5) is 4.65. The van der Waals surface area contributed by atoms with Gasteiger partial charge in [-0.15, -0.1) is 0 Å². The number of hydrogen-bond acceptors (Lipinski definition) is 6. The van der Waals surface area contributed by atoms with Gasteiger partial charge in [-0.3, -0.25) is 0 Å². The van der Waals surface area contributed by atoms with Crippen LogP contribution < -0.4 is 10.1 Å². The van der Waals surface area contributed by atoms with Crippen LogP contribution in [0.2, 0.25) is 0 Å². The number of nitrogens with zero attached hydrogens (tertiary/aromatic N) is 3. The molecule has 0 fully saturated rings. The summed E-state index contributed by atoms with van der Waals surface area (Å²) in [6.07, 6.45) is 4.46. The Bertz CT molecular complexity index is 1100. The number of nitrogens with one attached hydrogen (secondary N) is 1. The van der Waals surface area contributed by atoms with E-state index in [0.29, 0.717) is 34.6 Å². The third kappa shape index (κ3) is 4.47. The lowest BCUT2D eigenvalue weighted by Crippen LogP contribution is -2.20. The molecule has 6 heteroatoms.